The van der Waals surface area contributed by atoms with Crippen LogP contribution in [0.15, 0.2) is 24.3 Å². The summed E-state index contributed by atoms with van der Waals surface area (Å²) in [6.45, 7) is 7.01. The van der Waals surface area contributed by atoms with E-state index in [1.165, 1.54) is 12.8 Å². The second-order valence-electron chi connectivity index (χ2n) is 7.56. The highest BCUT2D eigenvalue weighted by Crippen LogP contribution is 2.41. The molecule has 1 aromatic rings. The monoisotopic (exact) mass is 290 g/mol. The molecule has 1 aliphatic rings. The van der Waals surface area contributed by atoms with Crippen molar-refractivity contribution in [3.05, 3.63) is 29.8 Å². The molecule has 2 nitrogen and oxygen atoms in total. The van der Waals surface area contributed by atoms with E-state index in [4.69, 9.17) is 4.74 Å². The van der Waals surface area contributed by atoms with Crippen LogP contribution in [0.25, 0.3) is 0 Å². The summed E-state index contributed by atoms with van der Waals surface area (Å²) in [4.78, 5) is 0. The van der Waals surface area contributed by atoms with E-state index < -0.39 is 0 Å². The molecule has 118 valence electrons. The summed E-state index contributed by atoms with van der Waals surface area (Å²) in [6, 6.07) is 8.02. The zero-order valence-corrected chi connectivity index (χ0v) is 13.9. The van der Waals surface area contributed by atoms with E-state index in [0.717, 1.165) is 30.1 Å². The number of para-hydroxylation sites is 1. The number of benzene rings is 1. The number of rotatable bonds is 4. The standard InChI is InChI=1S/C19H30O2/c1-19(2,3)16-11-9-14(10-12-16)17(20)13-15-7-5-6-8-18(15)21-4/h5-8,14,16-17,20H,9-13H2,1-4H3. The molecule has 1 saturated carbocycles. The average Bonchev–Trinajstić information content (AvgIpc) is 2.47. The average molecular weight is 290 g/mol. The summed E-state index contributed by atoms with van der Waals surface area (Å²) in [7, 11) is 1.69. The molecule has 0 radical (unpaired) electrons. The lowest BCUT2D eigenvalue weighted by molar-refractivity contribution is 0.0533. The van der Waals surface area contributed by atoms with Crippen LogP contribution in [0.2, 0.25) is 0 Å². The molecule has 0 heterocycles. The minimum absolute atomic E-state index is 0.248. The number of ether oxygens (including phenoxy) is 1. The molecule has 1 aliphatic carbocycles. The van der Waals surface area contributed by atoms with Gasteiger partial charge in [-0.05, 0) is 54.6 Å². The van der Waals surface area contributed by atoms with E-state index in [-0.39, 0.29) is 6.10 Å². The first-order chi connectivity index (χ1) is 9.91. The maximum absolute atomic E-state index is 10.6. The number of hydrogen-bond donors (Lipinski definition) is 1. The molecular weight excluding hydrogens is 260 g/mol. The SMILES string of the molecule is COc1ccccc1CC(O)C1CCC(C(C)(C)C)CC1. The van der Waals surface area contributed by atoms with E-state index in [9.17, 15) is 5.11 Å². The maximum atomic E-state index is 10.6. The number of methoxy groups -OCH3 is 1. The second kappa shape index (κ2) is 6.83. The third-order valence-corrected chi connectivity index (χ3v) is 5.16. The molecule has 2 heteroatoms. The molecule has 0 aromatic heterocycles. The first-order valence-electron chi connectivity index (χ1n) is 8.21. The Balaban J connectivity index is 1.92. The molecule has 1 atom stereocenters. The Hall–Kier alpha value is -1.02. The zero-order chi connectivity index (χ0) is 15.5. The van der Waals surface area contributed by atoms with Gasteiger partial charge in [0.25, 0.3) is 0 Å². The molecule has 1 aromatic carbocycles. The number of aliphatic hydroxyl groups is 1. The summed E-state index contributed by atoms with van der Waals surface area (Å²) in [6.07, 6.45) is 5.25. The Morgan fingerprint density at radius 1 is 1.14 bits per heavy atom. The van der Waals surface area contributed by atoms with E-state index in [2.05, 4.69) is 26.8 Å². The van der Waals surface area contributed by atoms with Crippen LogP contribution in [-0.2, 0) is 6.42 Å². The Morgan fingerprint density at radius 2 is 1.76 bits per heavy atom. The van der Waals surface area contributed by atoms with Gasteiger partial charge in [0, 0.05) is 6.42 Å². The van der Waals surface area contributed by atoms with Gasteiger partial charge in [0.1, 0.15) is 5.75 Å². The van der Waals surface area contributed by atoms with Crippen molar-refractivity contribution >= 4 is 0 Å². The number of aliphatic hydroxyl groups excluding tert-OH is 1. The molecule has 21 heavy (non-hydrogen) atoms. The third-order valence-electron chi connectivity index (χ3n) is 5.16. The summed E-state index contributed by atoms with van der Waals surface area (Å²) in [5, 5.41) is 10.6. The molecule has 2 rings (SSSR count). The third kappa shape index (κ3) is 4.23. The summed E-state index contributed by atoms with van der Waals surface area (Å²) in [5.41, 5.74) is 1.52. The van der Waals surface area contributed by atoms with Crippen LogP contribution in [0, 0.1) is 17.3 Å². The predicted octanol–water partition coefficient (Wildman–Crippen LogP) is 4.45. The highest BCUT2D eigenvalue weighted by atomic mass is 16.5. The van der Waals surface area contributed by atoms with Gasteiger partial charge in [-0.15, -0.1) is 0 Å². The normalized spacial score (nSPS) is 24.6. The van der Waals surface area contributed by atoms with Crippen molar-refractivity contribution < 1.29 is 9.84 Å². The second-order valence-corrected chi connectivity index (χ2v) is 7.56. The molecule has 0 bridgehead atoms. The molecule has 1 fully saturated rings. The predicted molar refractivity (Wildman–Crippen MR) is 87.6 cm³/mol. The van der Waals surface area contributed by atoms with Gasteiger partial charge < -0.3 is 9.84 Å². The summed E-state index contributed by atoms with van der Waals surface area (Å²) in [5.74, 6) is 2.13. The Bertz CT molecular complexity index is 439. The molecular formula is C19H30O2. The topological polar surface area (TPSA) is 29.5 Å². The van der Waals surface area contributed by atoms with Crippen LogP contribution >= 0.6 is 0 Å². The van der Waals surface area contributed by atoms with E-state index in [0.29, 0.717) is 17.8 Å². The first-order valence-corrected chi connectivity index (χ1v) is 8.21. The molecule has 0 saturated heterocycles. The molecule has 1 unspecified atom stereocenters. The van der Waals surface area contributed by atoms with Crippen LogP contribution in [-0.4, -0.2) is 18.3 Å². The fourth-order valence-electron chi connectivity index (χ4n) is 3.63. The van der Waals surface area contributed by atoms with Crippen molar-refractivity contribution in [2.75, 3.05) is 7.11 Å². The van der Waals surface area contributed by atoms with E-state index in [1.54, 1.807) is 7.11 Å². The van der Waals surface area contributed by atoms with Gasteiger partial charge in [-0.25, -0.2) is 0 Å². The molecule has 0 spiro atoms. The lowest BCUT2D eigenvalue weighted by atomic mass is 9.68. The van der Waals surface area contributed by atoms with Gasteiger partial charge in [0.15, 0.2) is 0 Å². The molecule has 0 aliphatic heterocycles. The van der Waals surface area contributed by atoms with Crippen molar-refractivity contribution in [2.24, 2.45) is 17.3 Å². The fraction of sp³-hybridized carbons (Fsp3) is 0.684. The zero-order valence-electron chi connectivity index (χ0n) is 13.9. The highest BCUT2D eigenvalue weighted by Gasteiger charge is 2.32. The van der Waals surface area contributed by atoms with Crippen LogP contribution < -0.4 is 4.74 Å². The van der Waals surface area contributed by atoms with Crippen molar-refractivity contribution in [2.45, 2.75) is 59.0 Å². The van der Waals surface area contributed by atoms with Gasteiger partial charge in [0.05, 0.1) is 13.2 Å². The van der Waals surface area contributed by atoms with Crippen LogP contribution in [0.1, 0.15) is 52.0 Å². The molecule has 1 N–H and O–H groups in total. The van der Waals surface area contributed by atoms with Gasteiger partial charge in [-0.3, -0.25) is 0 Å². The Morgan fingerprint density at radius 3 is 2.33 bits per heavy atom. The van der Waals surface area contributed by atoms with Crippen molar-refractivity contribution in [3.63, 3.8) is 0 Å². The van der Waals surface area contributed by atoms with Crippen molar-refractivity contribution in [3.8, 4) is 5.75 Å². The van der Waals surface area contributed by atoms with Crippen molar-refractivity contribution in [1.29, 1.82) is 0 Å². The Kier molecular flexibility index (Phi) is 5.32. The van der Waals surface area contributed by atoms with Crippen LogP contribution in [0.4, 0.5) is 0 Å². The van der Waals surface area contributed by atoms with E-state index >= 15 is 0 Å². The van der Waals surface area contributed by atoms with Crippen LogP contribution in [0.5, 0.6) is 5.75 Å². The quantitative estimate of drug-likeness (QED) is 0.887. The first kappa shape index (κ1) is 16.4. The van der Waals surface area contributed by atoms with Crippen molar-refractivity contribution in [1.82, 2.24) is 0 Å². The maximum Gasteiger partial charge on any atom is 0.122 e. The van der Waals surface area contributed by atoms with Gasteiger partial charge in [-0.1, -0.05) is 39.0 Å². The largest absolute Gasteiger partial charge is 0.496 e. The van der Waals surface area contributed by atoms with Gasteiger partial charge in [0.2, 0.25) is 0 Å². The minimum Gasteiger partial charge on any atom is -0.496 e. The van der Waals surface area contributed by atoms with E-state index in [1.807, 2.05) is 18.2 Å². The number of hydrogen-bond acceptors (Lipinski definition) is 2. The minimum atomic E-state index is -0.248. The summed E-state index contributed by atoms with van der Waals surface area (Å²) < 4.78 is 5.38. The highest BCUT2D eigenvalue weighted by molar-refractivity contribution is 5.33. The summed E-state index contributed by atoms with van der Waals surface area (Å²) >= 11 is 0. The van der Waals surface area contributed by atoms with Crippen LogP contribution in [0.3, 0.4) is 0 Å². The smallest absolute Gasteiger partial charge is 0.122 e. The lowest BCUT2D eigenvalue weighted by Crippen LogP contribution is -2.31. The Labute approximate surface area is 129 Å². The van der Waals surface area contributed by atoms with Gasteiger partial charge >= 0.3 is 0 Å². The fourth-order valence-corrected chi connectivity index (χ4v) is 3.63. The van der Waals surface area contributed by atoms with Gasteiger partial charge in [-0.2, -0.15) is 0 Å². The lowest BCUT2D eigenvalue weighted by Gasteiger charge is -2.38. The molecule has 0 amide bonds.